The van der Waals surface area contributed by atoms with Crippen LogP contribution in [0, 0.1) is 10.5 Å². The maximum atomic E-state index is 6.58. The third-order valence-electron chi connectivity index (χ3n) is 3.89. The van der Waals surface area contributed by atoms with Crippen molar-refractivity contribution in [2.75, 3.05) is 0 Å². The minimum atomic E-state index is -0.0387. The lowest BCUT2D eigenvalue weighted by Gasteiger charge is -2.19. The summed E-state index contributed by atoms with van der Waals surface area (Å²) >= 11 is 2.41. The molecule has 20 heavy (non-hydrogen) atoms. The van der Waals surface area contributed by atoms with Crippen molar-refractivity contribution in [1.82, 2.24) is 0 Å². The first kappa shape index (κ1) is 15.5. The van der Waals surface area contributed by atoms with Gasteiger partial charge in [-0.1, -0.05) is 50.2 Å². The molecule has 0 aliphatic rings. The maximum absolute atomic E-state index is 6.58. The van der Waals surface area contributed by atoms with Crippen LogP contribution in [-0.4, -0.2) is 0 Å². The fourth-order valence-electron chi connectivity index (χ4n) is 2.55. The number of halogens is 1. The number of benzene rings is 2. The summed E-state index contributed by atoms with van der Waals surface area (Å²) in [4.78, 5) is 0. The van der Waals surface area contributed by atoms with Gasteiger partial charge in [0.25, 0.3) is 0 Å². The van der Waals surface area contributed by atoms with E-state index in [0.29, 0.717) is 0 Å². The Bertz CT molecular complexity index is 604. The van der Waals surface area contributed by atoms with Crippen LogP contribution in [0.3, 0.4) is 0 Å². The van der Waals surface area contributed by atoms with Gasteiger partial charge in [-0.3, -0.25) is 0 Å². The van der Waals surface area contributed by atoms with E-state index in [4.69, 9.17) is 5.73 Å². The molecule has 1 nitrogen and oxygen atoms in total. The number of hydrogen-bond donors (Lipinski definition) is 1. The highest BCUT2D eigenvalue weighted by Crippen LogP contribution is 2.29. The highest BCUT2D eigenvalue weighted by Gasteiger charge is 2.16. The van der Waals surface area contributed by atoms with Crippen LogP contribution >= 0.6 is 22.6 Å². The van der Waals surface area contributed by atoms with Crippen LogP contribution in [0.4, 0.5) is 0 Å². The Balaban J connectivity index is 2.51. The van der Waals surface area contributed by atoms with Crippen LogP contribution in [-0.2, 0) is 12.8 Å². The summed E-state index contributed by atoms with van der Waals surface area (Å²) < 4.78 is 1.28. The summed E-state index contributed by atoms with van der Waals surface area (Å²) in [5.41, 5.74) is 13.1. The molecule has 0 heterocycles. The molecule has 2 rings (SSSR count). The van der Waals surface area contributed by atoms with E-state index in [1.54, 1.807) is 0 Å². The predicted molar refractivity (Wildman–Crippen MR) is 95.1 cm³/mol. The average molecular weight is 379 g/mol. The van der Waals surface area contributed by atoms with Crippen molar-refractivity contribution in [1.29, 1.82) is 0 Å². The SMILES string of the molecule is CCc1ccc(CC)c(C(N)c2cccc(C)c2I)c1. The van der Waals surface area contributed by atoms with Gasteiger partial charge in [0.1, 0.15) is 0 Å². The predicted octanol–water partition coefficient (Wildman–Crippen LogP) is 4.77. The van der Waals surface area contributed by atoms with Gasteiger partial charge in [-0.25, -0.2) is 0 Å². The van der Waals surface area contributed by atoms with E-state index in [0.717, 1.165) is 12.8 Å². The first-order valence-electron chi connectivity index (χ1n) is 7.20. The van der Waals surface area contributed by atoms with Crippen molar-refractivity contribution in [2.24, 2.45) is 5.73 Å². The second-order valence-corrected chi connectivity index (χ2v) is 6.27. The van der Waals surface area contributed by atoms with E-state index in [1.807, 2.05) is 0 Å². The average Bonchev–Trinajstić information content (AvgIpc) is 2.48. The van der Waals surface area contributed by atoms with Crippen molar-refractivity contribution in [3.8, 4) is 0 Å². The molecule has 2 aromatic carbocycles. The van der Waals surface area contributed by atoms with E-state index < -0.39 is 0 Å². The van der Waals surface area contributed by atoms with Crippen molar-refractivity contribution < 1.29 is 0 Å². The second kappa shape index (κ2) is 6.72. The molecule has 2 heteroatoms. The van der Waals surface area contributed by atoms with Crippen LogP contribution < -0.4 is 5.73 Å². The Kier molecular flexibility index (Phi) is 5.22. The topological polar surface area (TPSA) is 26.0 Å². The molecule has 1 atom stereocenters. The minimum Gasteiger partial charge on any atom is -0.320 e. The van der Waals surface area contributed by atoms with Crippen LogP contribution in [0.25, 0.3) is 0 Å². The number of hydrogen-bond acceptors (Lipinski definition) is 1. The van der Waals surface area contributed by atoms with Gasteiger partial charge in [0.05, 0.1) is 6.04 Å². The molecule has 0 bridgehead atoms. The van der Waals surface area contributed by atoms with E-state index >= 15 is 0 Å². The Morgan fingerprint density at radius 2 is 1.80 bits per heavy atom. The monoisotopic (exact) mass is 379 g/mol. The molecule has 2 N–H and O–H groups in total. The van der Waals surface area contributed by atoms with Crippen LogP contribution in [0.15, 0.2) is 36.4 Å². The van der Waals surface area contributed by atoms with E-state index in [2.05, 4.69) is 79.8 Å². The van der Waals surface area contributed by atoms with Crippen LogP contribution in [0.1, 0.15) is 47.7 Å². The zero-order valence-corrected chi connectivity index (χ0v) is 14.6. The van der Waals surface area contributed by atoms with Gasteiger partial charge in [0, 0.05) is 3.57 Å². The number of aryl methyl sites for hydroxylation is 3. The minimum absolute atomic E-state index is 0.0387. The highest BCUT2D eigenvalue weighted by molar-refractivity contribution is 14.1. The Morgan fingerprint density at radius 3 is 2.45 bits per heavy atom. The van der Waals surface area contributed by atoms with E-state index in [-0.39, 0.29) is 6.04 Å². The van der Waals surface area contributed by atoms with Gasteiger partial charge in [-0.05, 0) is 70.2 Å². The largest absolute Gasteiger partial charge is 0.320 e. The summed E-state index contributed by atoms with van der Waals surface area (Å²) in [5, 5.41) is 0. The second-order valence-electron chi connectivity index (χ2n) is 5.20. The summed E-state index contributed by atoms with van der Waals surface area (Å²) in [6.07, 6.45) is 2.07. The molecule has 0 saturated heterocycles. The lowest BCUT2D eigenvalue weighted by Crippen LogP contribution is -2.16. The maximum Gasteiger partial charge on any atom is 0.0565 e. The van der Waals surface area contributed by atoms with Crippen molar-refractivity contribution in [2.45, 2.75) is 39.7 Å². The van der Waals surface area contributed by atoms with Gasteiger partial charge in [0.15, 0.2) is 0 Å². The van der Waals surface area contributed by atoms with Gasteiger partial charge >= 0.3 is 0 Å². The van der Waals surface area contributed by atoms with Gasteiger partial charge in [0.2, 0.25) is 0 Å². The molecular weight excluding hydrogens is 357 g/mol. The molecule has 0 spiro atoms. The standard InChI is InChI=1S/C18H22IN/c1-4-13-9-10-14(5-2)16(11-13)18(20)15-8-6-7-12(3)17(15)19/h6-11,18H,4-5,20H2,1-3H3. The Labute approximate surface area is 135 Å². The summed E-state index contributed by atoms with van der Waals surface area (Å²) in [5.74, 6) is 0. The van der Waals surface area contributed by atoms with E-state index in [9.17, 15) is 0 Å². The Morgan fingerprint density at radius 1 is 1.05 bits per heavy atom. The van der Waals surface area contributed by atoms with Gasteiger partial charge < -0.3 is 5.73 Å². The number of nitrogens with two attached hydrogens (primary N) is 1. The Hall–Kier alpha value is -0.870. The molecule has 0 aromatic heterocycles. The van der Waals surface area contributed by atoms with Crippen molar-refractivity contribution in [3.05, 3.63) is 67.8 Å². The summed E-state index contributed by atoms with van der Waals surface area (Å²) in [7, 11) is 0. The molecule has 0 aliphatic carbocycles. The van der Waals surface area contributed by atoms with Gasteiger partial charge in [-0.2, -0.15) is 0 Å². The fraction of sp³-hybridized carbons (Fsp3) is 0.333. The van der Waals surface area contributed by atoms with Gasteiger partial charge in [-0.15, -0.1) is 0 Å². The lowest BCUT2D eigenvalue weighted by molar-refractivity contribution is 0.838. The summed E-state index contributed by atoms with van der Waals surface area (Å²) in [6, 6.07) is 13.1. The quantitative estimate of drug-likeness (QED) is 0.761. The van der Waals surface area contributed by atoms with Crippen molar-refractivity contribution >= 4 is 22.6 Å². The first-order chi connectivity index (χ1) is 9.58. The molecule has 0 saturated carbocycles. The lowest BCUT2D eigenvalue weighted by atomic mass is 9.91. The molecule has 0 fully saturated rings. The molecule has 0 radical (unpaired) electrons. The normalized spacial score (nSPS) is 12.4. The fourth-order valence-corrected chi connectivity index (χ4v) is 3.25. The third-order valence-corrected chi connectivity index (χ3v) is 5.36. The molecule has 2 aromatic rings. The summed E-state index contributed by atoms with van der Waals surface area (Å²) in [6.45, 7) is 6.52. The van der Waals surface area contributed by atoms with Crippen molar-refractivity contribution in [3.63, 3.8) is 0 Å². The van der Waals surface area contributed by atoms with E-state index in [1.165, 1.54) is 31.4 Å². The molecule has 106 valence electrons. The first-order valence-corrected chi connectivity index (χ1v) is 8.28. The molecular formula is C18H22IN. The van der Waals surface area contributed by atoms with Crippen LogP contribution in [0.2, 0.25) is 0 Å². The highest BCUT2D eigenvalue weighted by atomic mass is 127. The molecule has 0 aliphatic heterocycles. The zero-order chi connectivity index (χ0) is 14.7. The smallest absolute Gasteiger partial charge is 0.0565 e. The van der Waals surface area contributed by atoms with Crippen LogP contribution in [0.5, 0.6) is 0 Å². The molecule has 1 unspecified atom stereocenters. The molecule has 0 amide bonds. The third kappa shape index (κ3) is 3.07. The number of rotatable bonds is 4. The zero-order valence-electron chi connectivity index (χ0n) is 12.4.